The Morgan fingerprint density at radius 1 is 1.15 bits per heavy atom. The van der Waals surface area contributed by atoms with Gasteiger partial charge in [0.1, 0.15) is 5.69 Å². The molecule has 2 heterocycles. The van der Waals surface area contributed by atoms with Crippen molar-refractivity contribution in [2.75, 3.05) is 42.9 Å². The fourth-order valence-electron chi connectivity index (χ4n) is 3.19. The van der Waals surface area contributed by atoms with Crippen molar-refractivity contribution >= 4 is 17.3 Å². The number of unbranched alkanes of at least 4 members (excludes halogenated alkanes) is 1. The van der Waals surface area contributed by atoms with Crippen LogP contribution >= 0.6 is 0 Å². The lowest BCUT2D eigenvalue weighted by molar-refractivity contribution is 0.0741. The molecule has 0 bridgehead atoms. The third-order valence-electron chi connectivity index (χ3n) is 4.78. The maximum atomic E-state index is 12.7. The molecule has 1 fully saturated rings. The van der Waals surface area contributed by atoms with Crippen LogP contribution in [0.15, 0.2) is 42.6 Å². The highest BCUT2D eigenvalue weighted by Crippen LogP contribution is 2.18. The Labute approximate surface area is 156 Å². The number of anilines is 2. The molecule has 2 aromatic rings. The second-order valence-corrected chi connectivity index (χ2v) is 6.83. The molecule has 1 saturated heterocycles. The van der Waals surface area contributed by atoms with Crippen LogP contribution in [-0.2, 0) is 0 Å². The topological polar surface area (TPSA) is 48.5 Å². The monoisotopic (exact) mass is 352 g/mol. The summed E-state index contributed by atoms with van der Waals surface area (Å²) < 4.78 is 0. The summed E-state index contributed by atoms with van der Waals surface area (Å²) in [5.41, 5.74) is 3.99. The zero-order valence-electron chi connectivity index (χ0n) is 15.7. The molecule has 1 amide bonds. The fourth-order valence-corrected chi connectivity index (χ4v) is 3.19. The zero-order chi connectivity index (χ0) is 18.4. The molecule has 1 aromatic heterocycles. The van der Waals surface area contributed by atoms with E-state index in [-0.39, 0.29) is 5.91 Å². The van der Waals surface area contributed by atoms with E-state index in [4.69, 9.17) is 0 Å². The van der Waals surface area contributed by atoms with Gasteiger partial charge >= 0.3 is 0 Å². The van der Waals surface area contributed by atoms with Crippen molar-refractivity contribution in [3.05, 3.63) is 53.9 Å². The predicted molar refractivity (Wildman–Crippen MR) is 107 cm³/mol. The Kier molecular flexibility index (Phi) is 6.10. The molecular weight excluding hydrogens is 324 g/mol. The van der Waals surface area contributed by atoms with E-state index in [0.717, 1.165) is 51.3 Å². The van der Waals surface area contributed by atoms with Gasteiger partial charge in [-0.05, 0) is 43.2 Å². The maximum absolute atomic E-state index is 12.7. The quantitative estimate of drug-likeness (QED) is 0.808. The van der Waals surface area contributed by atoms with E-state index < -0.39 is 0 Å². The highest BCUT2D eigenvalue weighted by Gasteiger charge is 2.23. The van der Waals surface area contributed by atoms with E-state index in [0.29, 0.717) is 5.69 Å². The van der Waals surface area contributed by atoms with Crippen LogP contribution in [-0.4, -0.2) is 48.5 Å². The molecule has 138 valence electrons. The molecule has 0 aliphatic carbocycles. The van der Waals surface area contributed by atoms with Crippen LogP contribution in [0.25, 0.3) is 0 Å². The van der Waals surface area contributed by atoms with Gasteiger partial charge < -0.3 is 15.1 Å². The molecule has 5 heteroatoms. The van der Waals surface area contributed by atoms with Crippen LogP contribution in [0.4, 0.5) is 11.4 Å². The Bertz CT molecular complexity index is 721. The summed E-state index contributed by atoms with van der Waals surface area (Å²) in [4.78, 5) is 21.3. The number of rotatable bonds is 6. The van der Waals surface area contributed by atoms with E-state index >= 15 is 0 Å². The number of aromatic nitrogens is 1. The van der Waals surface area contributed by atoms with Crippen molar-refractivity contribution in [1.82, 2.24) is 9.88 Å². The third-order valence-corrected chi connectivity index (χ3v) is 4.78. The lowest BCUT2D eigenvalue weighted by atomic mass is 10.2. The van der Waals surface area contributed by atoms with Crippen molar-refractivity contribution in [1.29, 1.82) is 0 Å². The number of hydrogen-bond acceptors (Lipinski definition) is 4. The third kappa shape index (κ3) is 4.54. The standard InChI is InChI=1S/C21H28N4O/c1-3-4-10-22-18-8-9-20(23-16-18)21(26)25-13-11-24(12-14-25)19-7-5-6-17(2)15-19/h5-9,15-16,22H,3-4,10-14H2,1-2H3. The number of piperazine rings is 1. The van der Waals surface area contributed by atoms with Gasteiger partial charge in [0.15, 0.2) is 0 Å². The van der Waals surface area contributed by atoms with Gasteiger partial charge in [-0.15, -0.1) is 0 Å². The first-order chi connectivity index (χ1) is 12.7. The largest absolute Gasteiger partial charge is 0.384 e. The van der Waals surface area contributed by atoms with Crippen molar-refractivity contribution in [2.24, 2.45) is 0 Å². The Hall–Kier alpha value is -2.56. The van der Waals surface area contributed by atoms with E-state index in [1.807, 2.05) is 17.0 Å². The molecule has 0 radical (unpaired) electrons. The number of aryl methyl sites for hydroxylation is 1. The molecule has 0 unspecified atom stereocenters. The first-order valence-corrected chi connectivity index (χ1v) is 9.48. The second-order valence-electron chi connectivity index (χ2n) is 6.83. The maximum Gasteiger partial charge on any atom is 0.272 e. The first kappa shape index (κ1) is 18.2. The summed E-state index contributed by atoms with van der Waals surface area (Å²) >= 11 is 0. The fraction of sp³-hybridized carbons (Fsp3) is 0.429. The van der Waals surface area contributed by atoms with Crippen molar-refractivity contribution in [2.45, 2.75) is 26.7 Å². The van der Waals surface area contributed by atoms with Crippen molar-refractivity contribution in [3.8, 4) is 0 Å². The summed E-state index contributed by atoms with van der Waals surface area (Å²) in [6, 6.07) is 12.3. The smallest absolute Gasteiger partial charge is 0.272 e. The van der Waals surface area contributed by atoms with Crippen LogP contribution in [0.5, 0.6) is 0 Å². The minimum Gasteiger partial charge on any atom is -0.384 e. The molecule has 26 heavy (non-hydrogen) atoms. The van der Waals surface area contributed by atoms with Gasteiger partial charge in [0, 0.05) is 38.4 Å². The molecule has 1 aliphatic rings. The molecule has 0 saturated carbocycles. The van der Waals surface area contributed by atoms with Gasteiger partial charge in [-0.3, -0.25) is 4.79 Å². The van der Waals surface area contributed by atoms with Crippen LogP contribution in [0.2, 0.25) is 0 Å². The Morgan fingerprint density at radius 2 is 1.96 bits per heavy atom. The summed E-state index contributed by atoms with van der Waals surface area (Å²) in [6.45, 7) is 8.37. The number of nitrogens with zero attached hydrogens (tertiary/aromatic N) is 3. The molecule has 3 rings (SSSR count). The summed E-state index contributed by atoms with van der Waals surface area (Å²) in [6.07, 6.45) is 4.04. The lowest BCUT2D eigenvalue weighted by Gasteiger charge is -2.36. The van der Waals surface area contributed by atoms with Crippen molar-refractivity contribution < 1.29 is 4.79 Å². The average Bonchev–Trinajstić information content (AvgIpc) is 2.68. The molecule has 0 atom stereocenters. The number of benzene rings is 1. The molecule has 1 aliphatic heterocycles. The molecule has 1 N–H and O–H groups in total. The number of carbonyl (C=O) groups excluding carboxylic acids is 1. The lowest BCUT2D eigenvalue weighted by Crippen LogP contribution is -2.49. The van der Waals surface area contributed by atoms with Gasteiger partial charge in [-0.25, -0.2) is 4.98 Å². The second kappa shape index (κ2) is 8.70. The predicted octanol–water partition coefficient (Wildman–Crippen LogP) is 3.56. The highest BCUT2D eigenvalue weighted by molar-refractivity contribution is 5.92. The average molecular weight is 352 g/mol. The first-order valence-electron chi connectivity index (χ1n) is 9.48. The Morgan fingerprint density at radius 3 is 2.62 bits per heavy atom. The van der Waals surface area contributed by atoms with Crippen molar-refractivity contribution in [3.63, 3.8) is 0 Å². The SMILES string of the molecule is CCCCNc1ccc(C(=O)N2CCN(c3cccc(C)c3)CC2)nc1. The van der Waals surface area contributed by atoms with Crippen LogP contribution in [0, 0.1) is 6.92 Å². The summed E-state index contributed by atoms with van der Waals surface area (Å²) in [5, 5.41) is 3.33. The normalized spacial score (nSPS) is 14.4. The number of carbonyl (C=O) groups is 1. The zero-order valence-corrected chi connectivity index (χ0v) is 15.7. The van der Waals surface area contributed by atoms with Gasteiger partial charge in [-0.1, -0.05) is 25.5 Å². The molecule has 1 aromatic carbocycles. The molecular formula is C21H28N4O. The summed E-state index contributed by atoms with van der Waals surface area (Å²) in [7, 11) is 0. The van der Waals surface area contributed by atoms with E-state index in [9.17, 15) is 4.79 Å². The van der Waals surface area contributed by atoms with Gasteiger partial charge in [-0.2, -0.15) is 0 Å². The number of nitrogens with one attached hydrogen (secondary N) is 1. The van der Waals surface area contributed by atoms with Gasteiger partial charge in [0.25, 0.3) is 5.91 Å². The van der Waals surface area contributed by atoms with Gasteiger partial charge in [0.05, 0.1) is 11.9 Å². The number of hydrogen-bond donors (Lipinski definition) is 1. The molecule has 5 nitrogen and oxygen atoms in total. The number of pyridine rings is 1. The van der Waals surface area contributed by atoms with E-state index in [1.54, 1.807) is 6.20 Å². The van der Waals surface area contributed by atoms with Crippen LogP contribution in [0.1, 0.15) is 35.8 Å². The Balaban J connectivity index is 1.54. The minimum absolute atomic E-state index is 0.0222. The van der Waals surface area contributed by atoms with E-state index in [1.165, 1.54) is 11.3 Å². The van der Waals surface area contributed by atoms with Gasteiger partial charge in [0.2, 0.25) is 0 Å². The highest BCUT2D eigenvalue weighted by atomic mass is 16.2. The van der Waals surface area contributed by atoms with Crippen LogP contribution in [0.3, 0.4) is 0 Å². The van der Waals surface area contributed by atoms with E-state index in [2.05, 4.69) is 53.3 Å². The summed E-state index contributed by atoms with van der Waals surface area (Å²) in [5.74, 6) is 0.0222. The van der Waals surface area contributed by atoms with Crippen LogP contribution < -0.4 is 10.2 Å². The minimum atomic E-state index is 0.0222. The molecule has 0 spiro atoms. The number of amides is 1.